The van der Waals surface area contributed by atoms with Crippen molar-refractivity contribution >= 4 is 11.6 Å². The molecular formula is C11H12NO. The van der Waals surface area contributed by atoms with Gasteiger partial charge < -0.3 is 4.90 Å². The second-order valence-electron chi connectivity index (χ2n) is 3.28. The maximum absolute atomic E-state index is 11.2. The molecule has 0 spiro atoms. The van der Waals surface area contributed by atoms with Crippen molar-refractivity contribution in [3.63, 3.8) is 0 Å². The van der Waals surface area contributed by atoms with Crippen LogP contribution >= 0.6 is 0 Å². The van der Waals surface area contributed by atoms with Crippen LogP contribution in [0.5, 0.6) is 0 Å². The topological polar surface area (TPSA) is 20.3 Å². The Morgan fingerprint density at radius 2 is 2.15 bits per heavy atom. The lowest BCUT2D eigenvalue weighted by Gasteiger charge is -2.28. The fraction of sp³-hybridized carbons (Fsp3) is 0.273. The van der Waals surface area contributed by atoms with Gasteiger partial charge in [-0.05, 0) is 24.5 Å². The number of para-hydroxylation sites is 1. The number of aryl methyl sites for hydroxylation is 1. The molecule has 2 nitrogen and oxygen atoms in total. The number of hydrogen-bond donors (Lipinski definition) is 0. The van der Waals surface area contributed by atoms with E-state index in [0.29, 0.717) is 0 Å². The predicted molar refractivity (Wildman–Crippen MR) is 52.5 cm³/mol. The average molecular weight is 174 g/mol. The smallest absolute Gasteiger partial charge is 0.227 e. The molecule has 67 valence electrons. The Morgan fingerprint density at radius 3 is 2.92 bits per heavy atom. The van der Waals surface area contributed by atoms with E-state index in [1.165, 1.54) is 5.56 Å². The first kappa shape index (κ1) is 8.30. The number of fused-ring (bicyclic) bond motifs is 1. The molecule has 1 aromatic rings. The van der Waals surface area contributed by atoms with E-state index < -0.39 is 0 Å². The summed E-state index contributed by atoms with van der Waals surface area (Å²) in [7, 11) is 0. The predicted octanol–water partition coefficient (Wildman–Crippen LogP) is 1.80. The van der Waals surface area contributed by atoms with Gasteiger partial charge in [0.2, 0.25) is 5.91 Å². The zero-order chi connectivity index (χ0) is 9.26. The highest BCUT2D eigenvalue weighted by Gasteiger charge is 2.18. The molecular weight excluding hydrogens is 162 g/mol. The van der Waals surface area contributed by atoms with Crippen LogP contribution in [0.1, 0.15) is 12.0 Å². The number of nitrogens with zero attached hydrogens (tertiary/aromatic N) is 1. The molecule has 13 heavy (non-hydrogen) atoms. The molecule has 0 bridgehead atoms. The molecule has 1 aliphatic heterocycles. The van der Waals surface area contributed by atoms with Gasteiger partial charge in [-0.1, -0.05) is 18.2 Å². The summed E-state index contributed by atoms with van der Waals surface area (Å²) >= 11 is 0. The van der Waals surface area contributed by atoms with Crippen LogP contribution in [0.15, 0.2) is 24.3 Å². The van der Waals surface area contributed by atoms with Gasteiger partial charge in [-0.25, -0.2) is 0 Å². The van der Waals surface area contributed by atoms with Gasteiger partial charge in [-0.2, -0.15) is 0 Å². The fourth-order valence-corrected chi connectivity index (χ4v) is 1.79. The van der Waals surface area contributed by atoms with Gasteiger partial charge >= 0.3 is 0 Å². The van der Waals surface area contributed by atoms with Crippen LogP contribution in [-0.2, 0) is 11.2 Å². The Bertz CT molecular complexity index is 333. The van der Waals surface area contributed by atoms with Crippen LogP contribution in [0.3, 0.4) is 0 Å². The van der Waals surface area contributed by atoms with E-state index >= 15 is 0 Å². The van der Waals surface area contributed by atoms with Crippen molar-refractivity contribution in [3.05, 3.63) is 36.8 Å². The van der Waals surface area contributed by atoms with Crippen molar-refractivity contribution in [1.82, 2.24) is 0 Å². The summed E-state index contributed by atoms with van der Waals surface area (Å²) in [6.45, 7) is 4.25. The van der Waals surface area contributed by atoms with Gasteiger partial charge in [-0.3, -0.25) is 4.79 Å². The highest BCUT2D eigenvalue weighted by molar-refractivity contribution is 5.97. The first-order valence-corrected chi connectivity index (χ1v) is 4.50. The second-order valence-corrected chi connectivity index (χ2v) is 3.28. The normalized spacial score (nSPS) is 15.3. The van der Waals surface area contributed by atoms with E-state index in [2.05, 4.69) is 13.0 Å². The van der Waals surface area contributed by atoms with Gasteiger partial charge in [0.05, 0.1) is 0 Å². The minimum absolute atomic E-state index is 0.104. The number of anilines is 1. The molecule has 2 rings (SSSR count). The first-order valence-electron chi connectivity index (χ1n) is 4.50. The summed E-state index contributed by atoms with van der Waals surface area (Å²) in [5.41, 5.74) is 2.29. The zero-order valence-corrected chi connectivity index (χ0v) is 7.49. The van der Waals surface area contributed by atoms with Crippen LogP contribution < -0.4 is 4.90 Å². The largest absolute Gasteiger partial charge is 0.312 e. The molecule has 0 saturated heterocycles. The van der Waals surface area contributed by atoms with E-state index in [1.807, 2.05) is 18.2 Å². The van der Waals surface area contributed by atoms with Gasteiger partial charge in [0.1, 0.15) is 0 Å². The molecule has 1 aromatic carbocycles. The van der Waals surface area contributed by atoms with E-state index in [9.17, 15) is 4.79 Å². The third-order valence-corrected chi connectivity index (χ3v) is 2.41. The SMILES string of the molecule is [CH2]C(=O)N1CCCc2ccccc21. The van der Waals surface area contributed by atoms with E-state index in [0.717, 1.165) is 25.1 Å². The van der Waals surface area contributed by atoms with Gasteiger partial charge in [0.15, 0.2) is 0 Å². The fourth-order valence-electron chi connectivity index (χ4n) is 1.79. The van der Waals surface area contributed by atoms with Crippen LogP contribution in [0.4, 0.5) is 5.69 Å². The zero-order valence-electron chi connectivity index (χ0n) is 7.49. The third kappa shape index (κ3) is 1.44. The summed E-state index contributed by atoms with van der Waals surface area (Å²) in [4.78, 5) is 12.9. The summed E-state index contributed by atoms with van der Waals surface area (Å²) in [6.07, 6.45) is 2.11. The Kier molecular flexibility index (Phi) is 2.05. The van der Waals surface area contributed by atoms with Gasteiger partial charge in [0, 0.05) is 19.2 Å². The highest BCUT2D eigenvalue weighted by Crippen LogP contribution is 2.26. The monoisotopic (exact) mass is 174 g/mol. The van der Waals surface area contributed by atoms with Gasteiger partial charge in [-0.15, -0.1) is 0 Å². The lowest BCUT2D eigenvalue weighted by atomic mass is 10.0. The Labute approximate surface area is 78.2 Å². The number of rotatable bonds is 0. The van der Waals surface area contributed by atoms with Crippen molar-refractivity contribution in [3.8, 4) is 0 Å². The van der Waals surface area contributed by atoms with Crippen molar-refractivity contribution in [1.29, 1.82) is 0 Å². The Balaban J connectivity index is 2.42. The van der Waals surface area contributed by atoms with Crippen molar-refractivity contribution < 1.29 is 4.79 Å². The summed E-state index contributed by atoms with van der Waals surface area (Å²) in [5, 5.41) is 0. The minimum atomic E-state index is -0.104. The van der Waals surface area contributed by atoms with Crippen molar-refractivity contribution in [2.75, 3.05) is 11.4 Å². The number of hydrogen-bond acceptors (Lipinski definition) is 1. The maximum Gasteiger partial charge on any atom is 0.227 e. The lowest BCUT2D eigenvalue weighted by molar-refractivity contribution is -0.114. The van der Waals surface area contributed by atoms with E-state index in [-0.39, 0.29) is 5.91 Å². The lowest BCUT2D eigenvalue weighted by Crippen LogP contribution is -2.33. The number of carbonyl (C=O) groups is 1. The molecule has 1 heterocycles. The minimum Gasteiger partial charge on any atom is -0.312 e. The molecule has 0 unspecified atom stereocenters. The number of carbonyl (C=O) groups excluding carboxylic acids is 1. The molecule has 0 aliphatic carbocycles. The number of amides is 1. The van der Waals surface area contributed by atoms with Crippen molar-refractivity contribution in [2.24, 2.45) is 0 Å². The van der Waals surface area contributed by atoms with Crippen LogP contribution in [0, 0.1) is 6.92 Å². The quantitative estimate of drug-likeness (QED) is 0.587. The second kappa shape index (κ2) is 3.21. The van der Waals surface area contributed by atoms with E-state index in [1.54, 1.807) is 4.90 Å². The summed E-state index contributed by atoms with van der Waals surface area (Å²) < 4.78 is 0. The first-order chi connectivity index (χ1) is 6.29. The highest BCUT2D eigenvalue weighted by atomic mass is 16.2. The maximum atomic E-state index is 11.2. The molecule has 0 N–H and O–H groups in total. The molecule has 0 atom stereocenters. The molecule has 1 amide bonds. The summed E-state index contributed by atoms with van der Waals surface area (Å²) in [6, 6.07) is 8.03. The van der Waals surface area contributed by atoms with Gasteiger partial charge in [0.25, 0.3) is 0 Å². The standard InChI is InChI=1S/C11H12NO/c1-9(13)12-8-4-6-10-5-2-3-7-11(10)12/h2-3,5,7H,1,4,6,8H2. The average Bonchev–Trinajstić information content (AvgIpc) is 2.17. The molecule has 1 radical (unpaired) electrons. The molecule has 2 heteroatoms. The van der Waals surface area contributed by atoms with Crippen molar-refractivity contribution in [2.45, 2.75) is 12.8 Å². The van der Waals surface area contributed by atoms with Crippen LogP contribution in [-0.4, -0.2) is 12.5 Å². The van der Waals surface area contributed by atoms with Crippen LogP contribution in [0.2, 0.25) is 0 Å². The third-order valence-electron chi connectivity index (χ3n) is 2.41. The van der Waals surface area contributed by atoms with Crippen LogP contribution in [0.25, 0.3) is 0 Å². The molecule has 1 aliphatic rings. The summed E-state index contributed by atoms with van der Waals surface area (Å²) in [5.74, 6) is -0.104. The molecule has 0 saturated carbocycles. The molecule has 0 fully saturated rings. The number of benzene rings is 1. The van der Waals surface area contributed by atoms with E-state index in [4.69, 9.17) is 0 Å². The Hall–Kier alpha value is -1.31. The Morgan fingerprint density at radius 1 is 1.38 bits per heavy atom. The molecule has 0 aromatic heterocycles.